The Morgan fingerprint density at radius 3 is 1.88 bits per heavy atom. The molecule has 5 heteroatoms. The van der Waals surface area contributed by atoms with Crippen molar-refractivity contribution in [1.82, 2.24) is 0 Å². The summed E-state index contributed by atoms with van der Waals surface area (Å²) in [6.45, 7) is 4.96. The van der Waals surface area contributed by atoms with E-state index in [4.69, 9.17) is 18.3 Å². The van der Waals surface area contributed by atoms with Crippen molar-refractivity contribution in [2.75, 3.05) is 20.3 Å². The Balaban J connectivity index is 2.54. The van der Waals surface area contributed by atoms with Gasteiger partial charge in [0.25, 0.3) is 0 Å². The second-order valence-electron chi connectivity index (χ2n) is 2.83. The van der Waals surface area contributed by atoms with Crippen LogP contribution in [0.25, 0.3) is 0 Å². The largest absolute Gasteiger partial charge is 0.497 e. The van der Waals surface area contributed by atoms with E-state index in [1.807, 2.05) is 38.1 Å². The Morgan fingerprint density at radius 2 is 1.44 bits per heavy atom. The van der Waals surface area contributed by atoms with Crippen molar-refractivity contribution in [3.05, 3.63) is 24.3 Å². The summed E-state index contributed by atoms with van der Waals surface area (Å²) in [5.41, 5.74) is 0. The first-order chi connectivity index (χ1) is 7.80. The predicted molar refractivity (Wildman–Crippen MR) is 63.8 cm³/mol. The highest BCUT2D eigenvalue weighted by molar-refractivity contribution is 7.42. The maximum Gasteiger partial charge on any atom is 0.397 e. The number of hydrogen-bond acceptors (Lipinski definition) is 4. The van der Waals surface area contributed by atoms with Crippen molar-refractivity contribution < 1.29 is 18.3 Å². The zero-order chi connectivity index (χ0) is 11.8. The van der Waals surface area contributed by atoms with E-state index in [0.29, 0.717) is 19.0 Å². The molecule has 0 saturated heterocycles. The van der Waals surface area contributed by atoms with Crippen LogP contribution in [0.3, 0.4) is 0 Å². The third-order valence-electron chi connectivity index (χ3n) is 1.71. The zero-order valence-electron chi connectivity index (χ0n) is 9.80. The fraction of sp³-hybridized carbons (Fsp3) is 0.455. The summed E-state index contributed by atoms with van der Waals surface area (Å²) in [6, 6.07) is 7.32. The minimum Gasteiger partial charge on any atom is -0.497 e. The molecule has 0 aromatic heterocycles. The molecule has 16 heavy (non-hydrogen) atoms. The number of methoxy groups -OCH3 is 1. The molecule has 0 radical (unpaired) electrons. The molecular weight excluding hydrogens is 227 g/mol. The van der Waals surface area contributed by atoms with Crippen molar-refractivity contribution in [2.45, 2.75) is 13.8 Å². The molecule has 0 heterocycles. The van der Waals surface area contributed by atoms with E-state index >= 15 is 0 Å². The van der Waals surface area contributed by atoms with Gasteiger partial charge in [0, 0.05) is 0 Å². The minimum atomic E-state index is -1.29. The highest BCUT2D eigenvalue weighted by Gasteiger charge is 2.12. The molecule has 0 aliphatic rings. The van der Waals surface area contributed by atoms with Crippen LogP contribution in [0, 0.1) is 0 Å². The average Bonchev–Trinajstić information content (AvgIpc) is 2.31. The maximum absolute atomic E-state index is 5.56. The lowest BCUT2D eigenvalue weighted by atomic mass is 10.3. The molecule has 0 unspecified atom stereocenters. The van der Waals surface area contributed by atoms with Gasteiger partial charge in [-0.3, -0.25) is 0 Å². The fourth-order valence-electron chi connectivity index (χ4n) is 1.02. The normalized spacial score (nSPS) is 10.5. The van der Waals surface area contributed by atoms with E-state index in [1.165, 1.54) is 0 Å². The van der Waals surface area contributed by atoms with Gasteiger partial charge in [-0.25, -0.2) is 0 Å². The van der Waals surface area contributed by atoms with E-state index in [1.54, 1.807) is 7.11 Å². The van der Waals surface area contributed by atoms with E-state index in [9.17, 15) is 0 Å². The van der Waals surface area contributed by atoms with E-state index in [2.05, 4.69) is 0 Å². The van der Waals surface area contributed by atoms with Gasteiger partial charge < -0.3 is 18.3 Å². The summed E-state index contributed by atoms with van der Waals surface area (Å²) in [7, 11) is 0.336. The second kappa shape index (κ2) is 7.44. The lowest BCUT2D eigenvalue weighted by Crippen LogP contribution is -1.97. The molecule has 0 saturated carbocycles. The van der Waals surface area contributed by atoms with Crippen LogP contribution < -0.4 is 9.26 Å². The molecular formula is C11H17O4P. The Bertz CT molecular complexity index is 283. The van der Waals surface area contributed by atoms with Gasteiger partial charge in [-0.15, -0.1) is 0 Å². The van der Waals surface area contributed by atoms with Crippen molar-refractivity contribution >= 4 is 8.60 Å². The molecule has 4 nitrogen and oxygen atoms in total. The molecule has 1 rings (SSSR count). The standard InChI is InChI=1S/C11H17O4P/c1-4-13-16(14-5-2)15-11-8-6-10(12-3)7-9-11/h6-9H,4-5H2,1-3H3. The van der Waals surface area contributed by atoms with Crippen molar-refractivity contribution in [2.24, 2.45) is 0 Å². The summed E-state index contributed by atoms with van der Waals surface area (Å²) in [5.74, 6) is 1.51. The first kappa shape index (κ1) is 13.2. The Kier molecular flexibility index (Phi) is 6.16. The third-order valence-corrected chi connectivity index (χ3v) is 3.01. The monoisotopic (exact) mass is 244 g/mol. The topological polar surface area (TPSA) is 36.9 Å². The van der Waals surface area contributed by atoms with Gasteiger partial charge in [0.2, 0.25) is 0 Å². The summed E-state index contributed by atoms with van der Waals surface area (Å²) in [4.78, 5) is 0. The summed E-state index contributed by atoms with van der Waals surface area (Å²) < 4.78 is 21.3. The first-order valence-corrected chi connectivity index (χ1v) is 6.27. The molecule has 1 aromatic rings. The van der Waals surface area contributed by atoms with Crippen molar-refractivity contribution in [1.29, 1.82) is 0 Å². The third kappa shape index (κ3) is 4.35. The Hall–Kier alpha value is -0.830. The van der Waals surface area contributed by atoms with E-state index < -0.39 is 8.60 Å². The van der Waals surface area contributed by atoms with Crippen molar-refractivity contribution in [3.8, 4) is 11.5 Å². The molecule has 90 valence electrons. The van der Waals surface area contributed by atoms with E-state index in [0.717, 1.165) is 5.75 Å². The first-order valence-electron chi connectivity index (χ1n) is 5.18. The quantitative estimate of drug-likeness (QED) is 0.689. The maximum atomic E-state index is 5.56. The van der Waals surface area contributed by atoms with Crippen LogP contribution in [0.5, 0.6) is 11.5 Å². The molecule has 0 amide bonds. The average molecular weight is 244 g/mol. The molecule has 0 atom stereocenters. The lowest BCUT2D eigenvalue weighted by molar-refractivity contribution is 0.221. The molecule has 0 bridgehead atoms. The van der Waals surface area contributed by atoms with Gasteiger partial charge in [-0.2, -0.15) is 0 Å². The van der Waals surface area contributed by atoms with Gasteiger partial charge in [0.15, 0.2) is 0 Å². The molecule has 0 aliphatic heterocycles. The van der Waals surface area contributed by atoms with Gasteiger partial charge in [0.1, 0.15) is 11.5 Å². The fourth-order valence-corrected chi connectivity index (χ4v) is 1.92. The van der Waals surface area contributed by atoms with Gasteiger partial charge in [0.05, 0.1) is 20.3 Å². The van der Waals surface area contributed by atoms with Crippen LogP contribution in [0.15, 0.2) is 24.3 Å². The zero-order valence-corrected chi connectivity index (χ0v) is 10.7. The SMILES string of the molecule is CCOP(OCC)Oc1ccc(OC)cc1. The molecule has 0 fully saturated rings. The number of ether oxygens (including phenoxy) is 1. The van der Waals surface area contributed by atoms with Gasteiger partial charge >= 0.3 is 8.60 Å². The number of rotatable bonds is 7. The van der Waals surface area contributed by atoms with Gasteiger partial charge in [-0.1, -0.05) is 0 Å². The number of benzene rings is 1. The highest BCUT2D eigenvalue weighted by Crippen LogP contribution is 2.40. The Morgan fingerprint density at radius 1 is 0.938 bits per heavy atom. The summed E-state index contributed by atoms with van der Waals surface area (Å²) in [5, 5.41) is 0. The van der Waals surface area contributed by atoms with Crippen LogP contribution >= 0.6 is 8.60 Å². The molecule has 0 spiro atoms. The lowest BCUT2D eigenvalue weighted by Gasteiger charge is -2.15. The molecule has 0 N–H and O–H groups in total. The number of hydrogen-bond donors (Lipinski definition) is 0. The Labute approximate surface area is 97.5 Å². The highest BCUT2D eigenvalue weighted by atomic mass is 31.2. The minimum absolute atomic E-state index is 0.571. The summed E-state index contributed by atoms with van der Waals surface area (Å²) in [6.07, 6.45) is 0. The van der Waals surface area contributed by atoms with Crippen molar-refractivity contribution in [3.63, 3.8) is 0 Å². The molecule has 1 aromatic carbocycles. The van der Waals surface area contributed by atoms with Crippen LogP contribution in [0.4, 0.5) is 0 Å². The van der Waals surface area contributed by atoms with Crippen LogP contribution in [-0.2, 0) is 9.05 Å². The van der Waals surface area contributed by atoms with Gasteiger partial charge in [-0.05, 0) is 38.1 Å². The van der Waals surface area contributed by atoms with Crippen LogP contribution in [0.1, 0.15) is 13.8 Å². The smallest absolute Gasteiger partial charge is 0.397 e. The molecule has 0 aliphatic carbocycles. The van der Waals surface area contributed by atoms with Crippen LogP contribution in [-0.4, -0.2) is 20.3 Å². The van der Waals surface area contributed by atoms with Crippen LogP contribution in [0.2, 0.25) is 0 Å². The second-order valence-corrected chi connectivity index (χ2v) is 3.97. The van der Waals surface area contributed by atoms with E-state index in [-0.39, 0.29) is 0 Å². The summed E-state index contributed by atoms with van der Waals surface area (Å²) >= 11 is 0. The predicted octanol–water partition coefficient (Wildman–Crippen LogP) is 3.37.